The van der Waals surface area contributed by atoms with E-state index in [1.807, 2.05) is 11.8 Å². The van der Waals surface area contributed by atoms with Crippen molar-refractivity contribution in [2.75, 3.05) is 53.1 Å². The highest BCUT2D eigenvalue weighted by atomic mass is 16.5. The number of hydrogen-bond donors (Lipinski definition) is 1. The van der Waals surface area contributed by atoms with Crippen LogP contribution in [-0.2, 0) is 14.3 Å². The fourth-order valence-electron chi connectivity index (χ4n) is 3.54. The smallest absolute Gasteiger partial charge is 0.317 e. The van der Waals surface area contributed by atoms with E-state index in [4.69, 9.17) is 9.47 Å². The van der Waals surface area contributed by atoms with Crippen LogP contribution in [-0.4, -0.2) is 80.4 Å². The van der Waals surface area contributed by atoms with E-state index < -0.39 is 0 Å². The highest BCUT2D eigenvalue weighted by molar-refractivity contribution is 5.80. The molecule has 2 rings (SSSR count). The van der Waals surface area contributed by atoms with Gasteiger partial charge in [0.2, 0.25) is 5.91 Å². The summed E-state index contributed by atoms with van der Waals surface area (Å²) in [7, 11) is 1.65. The highest BCUT2D eigenvalue weighted by Crippen LogP contribution is 2.31. The molecular weight excluding hydrogens is 298 g/mol. The third-order valence-corrected chi connectivity index (χ3v) is 4.78. The molecule has 1 N–H and O–H groups in total. The summed E-state index contributed by atoms with van der Waals surface area (Å²) < 4.78 is 10.5. The number of carbonyl (C=O) groups is 2. The van der Waals surface area contributed by atoms with Crippen LogP contribution in [0.4, 0.5) is 4.79 Å². The van der Waals surface area contributed by atoms with Crippen molar-refractivity contribution >= 4 is 11.9 Å². The van der Waals surface area contributed by atoms with Gasteiger partial charge in [-0.15, -0.1) is 0 Å². The van der Waals surface area contributed by atoms with Gasteiger partial charge in [-0.05, 0) is 26.2 Å². The molecule has 7 nitrogen and oxygen atoms in total. The van der Waals surface area contributed by atoms with E-state index in [1.165, 1.54) is 0 Å². The molecule has 3 amide bonds. The van der Waals surface area contributed by atoms with Gasteiger partial charge in [0.05, 0.1) is 5.54 Å². The molecule has 0 aliphatic carbocycles. The normalized spacial score (nSPS) is 21.4. The number of nitrogens with zero attached hydrogens (tertiary/aromatic N) is 2. The molecule has 2 saturated heterocycles. The minimum Gasteiger partial charge on any atom is -0.385 e. The summed E-state index contributed by atoms with van der Waals surface area (Å²) >= 11 is 0. The number of urea groups is 1. The average Bonchev–Trinajstić information content (AvgIpc) is 2.69. The van der Waals surface area contributed by atoms with Gasteiger partial charge in [0.1, 0.15) is 0 Å². The first-order valence-electron chi connectivity index (χ1n) is 8.53. The van der Waals surface area contributed by atoms with E-state index in [2.05, 4.69) is 5.32 Å². The minimum atomic E-state index is -0.273. The lowest BCUT2D eigenvalue weighted by molar-refractivity contribution is -0.139. The lowest BCUT2D eigenvalue weighted by Gasteiger charge is -2.46. The summed E-state index contributed by atoms with van der Waals surface area (Å²) in [5.41, 5.74) is -0.273. The number of likely N-dealkylation sites (N-methyl/N-ethyl adjacent to an activating group) is 1. The lowest BCUT2D eigenvalue weighted by Crippen LogP contribution is -2.59. The number of amides is 3. The lowest BCUT2D eigenvalue weighted by atomic mass is 9.87. The Labute approximate surface area is 138 Å². The Bertz CT molecular complexity index is 410. The van der Waals surface area contributed by atoms with Gasteiger partial charge in [0.25, 0.3) is 0 Å². The van der Waals surface area contributed by atoms with Crippen LogP contribution in [0.15, 0.2) is 0 Å². The standard InChI is InChI=1S/C16H29N3O4/c1-3-19-14(20)5-9-18(15(21)17-8-4-10-22-2)13-16(19)6-11-23-12-7-16/h3-13H2,1-2H3,(H,17,21). The molecule has 0 unspecified atom stereocenters. The SMILES string of the molecule is CCN1C(=O)CCN(C(=O)NCCCOC)CC12CCOCC2. The largest absolute Gasteiger partial charge is 0.385 e. The molecule has 1 spiro atoms. The van der Waals surface area contributed by atoms with Crippen LogP contribution in [0, 0.1) is 0 Å². The first-order valence-corrected chi connectivity index (χ1v) is 8.53. The van der Waals surface area contributed by atoms with Crippen molar-refractivity contribution in [2.24, 2.45) is 0 Å². The summed E-state index contributed by atoms with van der Waals surface area (Å²) in [6, 6.07) is -0.0854. The molecule has 0 aromatic heterocycles. The van der Waals surface area contributed by atoms with E-state index in [-0.39, 0.29) is 17.5 Å². The van der Waals surface area contributed by atoms with Crippen LogP contribution in [0.5, 0.6) is 0 Å². The first kappa shape index (κ1) is 18.0. The van der Waals surface area contributed by atoms with Crippen molar-refractivity contribution < 1.29 is 19.1 Å². The van der Waals surface area contributed by atoms with Crippen molar-refractivity contribution in [2.45, 2.75) is 38.1 Å². The molecule has 0 aromatic rings. The van der Waals surface area contributed by atoms with Crippen molar-refractivity contribution in [1.29, 1.82) is 0 Å². The second-order valence-corrected chi connectivity index (χ2v) is 6.22. The molecule has 2 fully saturated rings. The topological polar surface area (TPSA) is 71.1 Å². The second kappa shape index (κ2) is 8.49. The number of methoxy groups -OCH3 is 1. The molecule has 2 aliphatic heterocycles. The minimum absolute atomic E-state index is 0.0854. The second-order valence-electron chi connectivity index (χ2n) is 6.22. The quantitative estimate of drug-likeness (QED) is 0.760. The number of carbonyl (C=O) groups excluding carboxylic acids is 2. The van der Waals surface area contributed by atoms with Gasteiger partial charge >= 0.3 is 6.03 Å². The van der Waals surface area contributed by atoms with Crippen LogP contribution in [0.2, 0.25) is 0 Å². The van der Waals surface area contributed by atoms with Crippen LogP contribution < -0.4 is 5.32 Å². The zero-order valence-electron chi connectivity index (χ0n) is 14.3. The summed E-state index contributed by atoms with van der Waals surface area (Å²) in [6.45, 7) is 6.27. The Morgan fingerprint density at radius 2 is 2.13 bits per heavy atom. The fourth-order valence-corrected chi connectivity index (χ4v) is 3.54. The zero-order valence-corrected chi connectivity index (χ0v) is 14.3. The Kier molecular flexibility index (Phi) is 6.65. The van der Waals surface area contributed by atoms with Crippen molar-refractivity contribution in [3.8, 4) is 0 Å². The van der Waals surface area contributed by atoms with E-state index in [0.29, 0.717) is 52.4 Å². The molecule has 23 heavy (non-hydrogen) atoms. The summed E-state index contributed by atoms with van der Waals surface area (Å²) in [4.78, 5) is 28.7. The third-order valence-electron chi connectivity index (χ3n) is 4.78. The summed E-state index contributed by atoms with van der Waals surface area (Å²) in [5, 5.41) is 2.93. The Balaban J connectivity index is 2.04. The summed E-state index contributed by atoms with van der Waals surface area (Å²) in [6.07, 6.45) is 2.76. The maximum Gasteiger partial charge on any atom is 0.317 e. The van der Waals surface area contributed by atoms with Gasteiger partial charge in [0, 0.05) is 59.5 Å². The Hall–Kier alpha value is -1.34. The molecule has 7 heteroatoms. The molecule has 2 aliphatic rings. The molecule has 0 aromatic carbocycles. The highest BCUT2D eigenvalue weighted by Gasteiger charge is 2.44. The molecular formula is C16H29N3O4. The van der Waals surface area contributed by atoms with E-state index >= 15 is 0 Å². The molecule has 0 atom stereocenters. The molecule has 0 bridgehead atoms. The van der Waals surface area contributed by atoms with E-state index in [9.17, 15) is 9.59 Å². The number of hydrogen-bond acceptors (Lipinski definition) is 4. The Morgan fingerprint density at radius 3 is 2.78 bits per heavy atom. The van der Waals surface area contributed by atoms with Crippen LogP contribution in [0.1, 0.15) is 32.6 Å². The van der Waals surface area contributed by atoms with Gasteiger partial charge < -0.3 is 24.6 Å². The van der Waals surface area contributed by atoms with Gasteiger partial charge in [0.15, 0.2) is 0 Å². The van der Waals surface area contributed by atoms with Crippen LogP contribution in [0.3, 0.4) is 0 Å². The van der Waals surface area contributed by atoms with Crippen molar-refractivity contribution in [3.63, 3.8) is 0 Å². The number of nitrogens with one attached hydrogen (secondary N) is 1. The number of rotatable bonds is 5. The van der Waals surface area contributed by atoms with Gasteiger partial charge in [-0.25, -0.2) is 4.79 Å². The first-order chi connectivity index (χ1) is 11.1. The monoisotopic (exact) mass is 327 g/mol. The maximum absolute atomic E-state index is 12.5. The zero-order chi connectivity index (χ0) is 16.7. The van der Waals surface area contributed by atoms with Crippen molar-refractivity contribution in [3.05, 3.63) is 0 Å². The van der Waals surface area contributed by atoms with E-state index in [0.717, 1.165) is 19.3 Å². The number of ether oxygens (including phenoxy) is 2. The molecule has 132 valence electrons. The van der Waals surface area contributed by atoms with Gasteiger partial charge in [-0.2, -0.15) is 0 Å². The van der Waals surface area contributed by atoms with Gasteiger partial charge in [-0.3, -0.25) is 4.79 Å². The average molecular weight is 327 g/mol. The maximum atomic E-state index is 12.5. The molecule has 0 radical (unpaired) electrons. The predicted octanol–water partition coefficient (Wildman–Crippen LogP) is 0.836. The predicted molar refractivity (Wildman–Crippen MR) is 86.3 cm³/mol. The van der Waals surface area contributed by atoms with Crippen LogP contribution in [0.25, 0.3) is 0 Å². The van der Waals surface area contributed by atoms with E-state index in [1.54, 1.807) is 12.0 Å². The molecule has 2 heterocycles. The summed E-state index contributed by atoms with van der Waals surface area (Å²) in [5.74, 6) is 0.143. The fraction of sp³-hybridized carbons (Fsp3) is 0.875. The third kappa shape index (κ3) is 4.35. The van der Waals surface area contributed by atoms with Crippen LogP contribution >= 0.6 is 0 Å². The van der Waals surface area contributed by atoms with Gasteiger partial charge in [-0.1, -0.05) is 0 Å². The molecule has 0 saturated carbocycles. The van der Waals surface area contributed by atoms with Crippen molar-refractivity contribution in [1.82, 2.24) is 15.1 Å². The Morgan fingerprint density at radius 1 is 1.39 bits per heavy atom.